The quantitative estimate of drug-likeness (QED) is 0.711. The molecule has 0 heterocycles. The normalized spacial score (nSPS) is 13.6. The van der Waals surface area contributed by atoms with E-state index in [1.807, 2.05) is 0 Å². The molecule has 0 bridgehead atoms. The van der Waals surface area contributed by atoms with Crippen LogP contribution in [0.1, 0.15) is 20.8 Å². The molecule has 4 nitrogen and oxygen atoms in total. The van der Waals surface area contributed by atoms with Crippen LogP contribution in [-0.4, -0.2) is 50.3 Å². The second kappa shape index (κ2) is 6.55. The average Bonchev–Trinajstić information content (AvgIpc) is 2.12. The molecule has 0 aromatic rings. The highest BCUT2D eigenvalue weighted by Crippen LogP contribution is 2.20. The van der Waals surface area contributed by atoms with E-state index in [-0.39, 0.29) is 12.3 Å². The summed E-state index contributed by atoms with van der Waals surface area (Å²) in [7, 11) is -3.88. The van der Waals surface area contributed by atoms with Crippen molar-refractivity contribution >= 4 is 10.0 Å². The zero-order valence-electron chi connectivity index (χ0n) is 10.2. The maximum atomic E-state index is 12.3. The predicted molar refractivity (Wildman–Crippen MR) is 60.2 cm³/mol. The first-order valence-electron chi connectivity index (χ1n) is 5.37. The second-order valence-electron chi connectivity index (χ2n) is 3.92. The molecule has 17 heavy (non-hydrogen) atoms. The fourth-order valence-corrected chi connectivity index (χ4v) is 2.90. The maximum absolute atomic E-state index is 12.3. The Morgan fingerprint density at radius 2 is 1.82 bits per heavy atom. The van der Waals surface area contributed by atoms with Crippen molar-refractivity contribution < 1.29 is 21.6 Å². The Labute approximate surface area is 100 Å². The molecule has 0 aliphatic carbocycles. The van der Waals surface area contributed by atoms with Gasteiger partial charge in [-0.05, 0) is 20.4 Å². The summed E-state index contributed by atoms with van der Waals surface area (Å²) in [4.78, 5) is 0. The first-order valence-corrected chi connectivity index (χ1v) is 6.98. The molecule has 1 N–H and O–H groups in total. The van der Waals surface area contributed by atoms with Gasteiger partial charge in [-0.1, -0.05) is 6.92 Å². The molecule has 0 amide bonds. The van der Waals surface area contributed by atoms with Crippen LogP contribution in [0.3, 0.4) is 0 Å². The van der Waals surface area contributed by atoms with Gasteiger partial charge in [-0.15, -0.1) is 0 Å². The van der Waals surface area contributed by atoms with Crippen LogP contribution in [0.25, 0.3) is 0 Å². The van der Waals surface area contributed by atoms with Crippen LogP contribution in [-0.2, 0) is 10.0 Å². The van der Waals surface area contributed by atoms with Crippen LogP contribution in [0.2, 0.25) is 0 Å². The van der Waals surface area contributed by atoms with Crippen LogP contribution in [0, 0.1) is 0 Å². The van der Waals surface area contributed by atoms with E-state index in [2.05, 4.69) is 5.32 Å². The molecule has 0 aliphatic heterocycles. The molecule has 104 valence electrons. The zero-order valence-corrected chi connectivity index (χ0v) is 11.0. The van der Waals surface area contributed by atoms with E-state index in [1.165, 1.54) is 13.8 Å². The van der Waals surface area contributed by atoms with Crippen LogP contribution in [0.4, 0.5) is 13.2 Å². The summed E-state index contributed by atoms with van der Waals surface area (Å²) >= 11 is 0. The van der Waals surface area contributed by atoms with Gasteiger partial charge in [0.2, 0.25) is 10.0 Å². The lowest BCUT2D eigenvalue weighted by Crippen LogP contribution is -2.45. The topological polar surface area (TPSA) is 49.4 Å². The number of nitrogens with zero attached hydrogens (tertiary/aromatic N) is 1. The van der Waals surface area contributed by atoms with Gasteiger partial charge in [0.05, 0.1) is 5.75 Å². The number of nitrogens with one attached hydrogen (secondary N) is 1. The lowest BCUT2D eigenvalue weighted by atomic mass is 10.4. The Hall–Kier alpha value is -0.340. The Kier molecular flexibility index (Phi) is 6.42. The van der Waals surface area contributed by atoms with Crippen molar-refractivity contribution in [2.24, 2.45) is 0 Å². The molecule has 8 heteroatoms. The monoisotopic (exact) mass is 276 g/mol. The van der Waals surface area contributed by atoms with Crippen LogP contribution in [0.15, 0.2) is 0 Å². The van der Waals surface area contributed by atoms with E-state index < -0.39 is 28.8 Å². The van der Waals surface area contributed by atoms with Gasteiger partial charge in [0.1, 0.15) is 6.54 Å². The molecule has 0 atom stereocenters. The molecule has 0 rings (SSSR count). The predicted octanol–water partition coefficient (Wildman–Crippen LogP) is 1.20. The van der Waals surface area contributed by atoms with Gasteiger partial charge >= 0.3 is 6.18 Å². The molecule has 0 unspecified atom stereocenters. The van der Waals surface area contributed by atoms with Crippen molar-refractivity contribution in [3.63, 3.8) is 0 Å². The van der Waals surface area contributed by atoms with Crippen molar-refractivity contribution in [1.82, 2.24) is 9.62 Å². The fourth-order valence-electron chi connectivity index (χ4n) is 1.27. The summed E-state index contributed by atoms with van der Waals surface area (Å²) in [6.07, 6.45) is -4.52. The highest BCUT2D eigenvalue weighted by molar-refractivity contribution is 7.89. The van der Waals surface area contributed by atoms with E-state index in [9.17, 15) is 21.6 Å². The van der Waals surface area contributed by atoms with Gasteiger partial charge in [0, 0.05) is 12.6 Å². The third-order valence-electron chi connectivity index (χ3n) is 2.06. The van der Waals surface area contributed by atoms with Gasteiger partial charge in [0.15, 0.2) is 0 Å². The number of alkyl halides is 3. The Morgan fingerprint density at radius 3 is 2.18 bits per heavy atom. The molecule has 0 fully saturated rings. The van der Waals surface area contributed by atoms with Crippen LogP contribution in [0.5, 0.6) is 0 Å². The van der Waals surface area contributed by atoms with E-state index in [1.54, 1.807) is 6.92 Å². The zero-order chi connectivity index (χ0) is 13.7. The second-order valence-corrected chi connectivity index (χ2v) is 5.96. The third kappa shape index (κ3) is 6.85. The maximum Gasteiger partial charge on any atom is 0.402 e. The molecule has 0 aromatic carbocycles. The molecule has 0 aliphatic rings. The standard InChI is InChI=1S/C9H19F3N2O2S/c1-4-13-5-6-17(15,16)14(8(2)3)7-9(10,11)12/h8,13H,4-7H2,1-3H3. The Balaban J connectivity index is 4.69. The summed E-state index contributed by atoms with van der Waals surface area (Å²) in [5, 5.41) is 2.77. The fraction of sp³-hybridized carbons (Fsp3) is 1.00. The van der Waals surface area contributed by atoms with Gasteiger partial charge in [-0.3, -0.25) is 0 Å². The minimum absolute atomic E-state index is 0.153. The molecule has 0 spiro atoms. The highest BCUT2D eigenvalue weighted by atomic mass is 32.2. The lowest BCUT2D eigenvalue weighted by Gasteiger charge is -2.26. The van der Waals surface area contributed by atoms with Gasteiger partial charge in [-0.2, -0.15) is 17.5 Å². The minimum Gasteiger partial charge on any atom is -0.316 e. The third-order valence-corrected chi connectivity index (χ3v) is 4.04. The van der Waals surface area contributed by atoms with E-state index >= 15 is 0 Å². The van der Waals surface area contributed by atoms with E-state index in [0.717, 1.165) is 0 Å². The molecule has 0 saturated heterocycles. The summed E-state index contributed by atoms with van der Waals surface area (Å²) in [6, 6.07) is -0.705. The van der Waals surface area contributed by atoms with Crippen molar-refractivity contribution in [2.45, 2.75) is 33.0 Å². The summed E-state index contributed by atoms with van der Waals surface area (Å²) < 4.78 is 60.7. The Bertz CT molecular complexity index is 315. The first kappa shape index (κ1) is 16.7. The van der Waals surface area contributed by atoms with Gasteiger partial charge in [0.25, 0.3) is 0 Å². The number of hydrogen-bond acceptors (Lipinski definition) is 3. The largest absolute Gasteiger partial charge is 0.402 e. The van der Waals surface area contributed by atoms with Gasteiger partial charge in [-0.25, -0.2) is 8.42 Å². The summed E-state index contributed by atoms with van der Waals surface area (Å²) in [5.74, 6) is -0.324. The van der Waals surface area contributed by atoms with E-state index in [0.29, 0.717) is 10.8 Å². The molecular weight excluding hydrogens is 257 g/mol. The smallest absolute Gasteiger partial charge is 0.316 e. The first-order chi connectivity index (χ1) is 7.60. The van der Waals surface area contributed by atoms with Crippen molar-refractivity contribution in [3.8, 4) is 0 Å². The van der Waals surface area contributed by atoms with Crippen LogP contribution >= 0.6 is 0 Å². The Morgan fingerprint density at radius 1 is 1.29 bits per heavy atom. The molecular formula is C9H19F3N2O2S. The van der Waals surface area contributed by atoms with Gasteiger partial charge < -0.3 is 5.32 Å². The number of rotatable bonds is 7. The number of hydrogen-bond donors (Lipinski definition) is 1. The molecule has 0 radical (unpaired) electrons. The van der Waals surface area contributed by atoms with Crippen LogP contribution < -0.4 is 5.32 Å². The van der Waals surface area contributed by atoms with Crippen molar-refractivity contribution in [1.29, 1.82) is 0 Å². The molecule has 0 aromatic heterocycles. The highest BCUT2D eigenvalue weighted by Gasteiger charge is 2.37. The summed E-state index contributed by atoms with van der Waals surface area (Å²) in [6.45, 7) is 3.95. The van der Waals surface area contributed by atoms with E-state index in [4.69, 9.17) is 0 Å². The lowest BCUT2D eigenvalue weighted by molar-refractivity contribution is -0.138. The minimum atomic E-state index is -4.52. The van der Waals surface area contributed by atoms with Crippen molar-refractivity contribution in [2.75, 3.05) is 25.4 Å². The summed E-state index contributed by atoms with van der Waals surface area (Å²) in [5.41, 5.74) is 0. The molecule has 0 saturated carbocycles. The van der Waals surface area contributed by atoms with Crippen molar-refractivity contribution in [3.05, 3.63) is 0 Å². The number of halogens is 3. The average molecular weight is 276 g/mol. The number of sulfonamides is 1. The SMILES string of the molecule is CCNCCS(=O)(=O)N(CC(F)(F)F)C(C)C.